The molecule has 1 aliphatic rings. The largest absolute Gasteiger partial charge is 0.465 e. The highest BCUT2D eigenvalue weighted by Crippen LogP contribution is 2.36. The van der Waals surface area contributed by atoms with E-state index < -0.39 is 10.9 Å². The van der Waals surface area contributed by atoms with Crippen molar-refractivity contribution in [2.24, 2.45) is 0 Å². The molecule has 0 aliphatic carbocycles. The van der Waals surface area contributed by atoms with E-state index in [0.29, 0.717) is 13.0 Å². The van der Waals surface area contributed by atoms with Gasteiger partial charge in [0.1, 0.15) is 5.25 Å². The number of hydrogen-bond acceptors (Lipinski definition) is 4. The van der Waals surface area contributed by atoms with Gasteiger partial charge < -0.3 is 9.84 Å². The van der Waals surface area contributed by atoms with Gasteiger partial charge in [0.15, 0.2) is 0 Å². The SMILES string of the molecule is CCOC(=O)[C@@H]1SCC[C@@]1(C)O. The first-order chi connectivity index (χ1) is 5.58. The molecule has 0 aromatic heterocycles. The second-order valence-electron chi connectivity index (χ2n) is 3.11. The third-order valence-corrected chi connectivity index (χ3v) is 3.43. The Morgan fingerprint density at radius 2 is 2.50 bits per heavy atom. The summed E-state index contributed by atoms with van der Waals surface area (Å²) in [7, 11) is 0. The predicted molar refractivity (Wildman–Crippen MR) is 48.1 cm³/mol. The van der Waals surface area contributed by atoms with Crippen LogP contribution in [0.4, 0.5) is 0 Å². The molecular formula is C8H14O3S. The molecule has 1 N–H and O–H groups in total. The van der Waals surface area contributed by atoms with Crippen molar-refractivity contribution < 1.29 is 14.6 Å². The molecule has 4 heteroatoms. The lowest BCUT2D eigenvalue weighted by atomic mass is 9.99. The molecule has 0 amide bonds. The number of esters is 1. The quantitative estimate of drug-likeness (QED) is 0.654. The number of carbonyl (C=O) groups excluding carboxylic acids is 1. The van der Waals surface area contributed by atoms with E-state index >= 15 is 0 Å². The minimum Gasteiger partial charge on any atom is -0.465 e. The number of carbonyl (C=O) groups is 1. The summed E-state index contributed by atoms with van der Waals surface area (Å²) in [4.78, 5) is 11.3. The van der Waals surface area contributed by atoms with Gasteiger partial charge in [0.2, 0.25) is 0 Å². The molecule has 2 atom stereocenters. The first kappa shape index (κ1) is 9.86. The Bertz CT molecular complexity index is 179. The number of aliphatic hydroxyl groups is 1. The molecule has 1 saturated heterocycles. The molecule has 0 aromatic rings. The van der Waals surface area contributed by atoms with Crippen LogP contribution in [0, 0.1) is 0 Å². The van der Waals surface area contributed by atoms with Crippen molar-refractivity contribution >= 4 is 17.7 Å². The first-order valence-electron chi connectivity index (χ1n) is 4.08. The maximum atomic E-state index is 11.3. The molecule has 0 radical (unpaired) electrons. The summed E-state index contributed by atoms with van der Waals surface area (Å²) in [6, 6.07) is 0. The van der Waals surface area contributed by atoms with Crippen LogP contribution >= 0.6 is 11.8 Å². The van der Waals surface area contributed by atoms with Crippen molar-refractivity contribution in [3.63, 3.8) is 0 Å². The standard InChI is InChI=1S/C8H14O3S/c1-3-11-7(9)6-8(2,10)4-5-12-6/h6,10H,3-5H2,1-2H3/t6-,8+/m0/s1. The van der Waals surface area contributed by atoms with Gasteiger partial charge >= 0.3 is 5.97 Å². The highest BCUT2D eigenvalue weighted by Gasteiger charge is 2.43. The average Bonchev–Trinajstić information content (AvgIpc) is 2.30. The third-order valence-electron chi connectivity index (χ3n) is 1.96. The summed E-state index contributed by atoms with van der Waals surface area (Å²) in [5.74, 6) is 0.543. The van der Waals surface area contributed by atoms with E-state index in [2.05, 4.69) is 0 Å². The van der Waals surface area contributed by atoms with Crippen molar-refractivity contribution in [2.75, 3.05) is 12.4 Å². The fraction of sp³-hybridized carbons (Fsp3) is 0.875. The fourth-order valence-electron chi connectivity index (χ4n) is 1.23. The van der Waals surface area contributed by atoms with E-state index in [9.17, 15) is 9.90 Å². The van der Waals surface area contributed by atoms with E-state index in [1.165, 1.54) is 11.8 Å². The second kappa shape index (κ2) is 3.66. The highest BCUT2D eigenvalue weighted by molar-refractivity contribution is 8.00. The Labute approximate surface area is 76.5 Å². The second-order valence-corrected chi connectivity index (χ2v) is 4.32. The van der Waals surface area contributed by atoms with Crippen molar-refractivity contribution in [1.82, 2.24) is 0 Å². The van der Waals surface area contributed by atoms with Crippen LogP contribution in [0.1, 0.15) is 20.3 Å². The Balaban J connectivity index is 2.56. The Morgan fingerprint density at radius 1 is 1.83 bits per heavy atom. The van der Waals surface area contributed by atoms with Gasteiger partial charge in [-0.3, -0.25) is 4.79 Å². The van der Waals surface area contributed by atoms with Crippen LogP contribution in [0.25, 0.3) is 0 Å². The topological polar surface area (TPSA) is 46.5 Å². The zero-order chi connectivity index (χ0) is 9.19. The summed E-state index contributed by atoms with van der Waals surface area (Å²) in [6.07, 6.45) is 0.668. The van der Waals surface area contributed by atoms with Gasteiger partial charge in [-0.1, -0.05) is 0 Å². The van der Waals surface area contributed by atoms with Gasteiger partial charge in [0.05, 0.1) is 12.2 Å². The van der Waals surface area contributed by atoms with Gasteiger partial charge in [-0.05, 0) is 26.0 Å². The molecule has 0 spiro atoms. The Kier molecular flexibility index (Phi) is 3.01. The summed E-state index contributed by atoms with van der Waals surface area (Å²) in [6.45, 7) is 3.84. The summed E-state index contributed by atoms with van der Waals surface area (Å²) >= 11 is 1.47. The van der Waals surface area contributed by atoms with Crippen molar-refractivity contribution in [3.8, 4) is 0 Å². The molecular weight excluding hydrogens is 176 g/mol. The summed E-state index contributed by atoms with van der Waals surface area (Å²) in [5.41, 5.74) is -0.878. The fourth-order valence-corrected chi connectivity index (χ4v) is 2.68. The smallest absolute Gasteiger partial charge is 0.322 e. The van der Waals surface area contributed by atoms with E-state index in [4.69, 9.17) is 4.74 Å². The summed E-state index contributed by atoms with van der Waals surface area (Å²) < 4.78 is 4.84. The normalized spacial score (nSPS) is 35.1. The van der Waals surface area contributed by atoms with E-state index in [-0.39, 0.29) is 5.97 Å². The third kappa shape index (κ3) is 1.93. The zero-order valence-electron chi connectivity index (χ0n) is 7.37. The molecule has 12 heavy (non-hydrogen) atoms. The van der Waals surface area contributed by atoms with Crippen LogP contribution in [0.2, 0.25) is 0 Å². The molecule has 70 valence electrons. The maximum absolute atomic E-state index is 11.3. The minimum absolute atomic E-state index is 0.287. The van der Waals surface area contributed by atoms with Crippen LogP contribution in [-0.4, -0.2) is 34.3 Å². The number of ether oxygens (including phenoxy) is 1. The van der Waals surface area contributed by atoms with E-state index in [1.54, 1.807) is 13.8 Å². The van der Waals surface area contributed by atoms with Crippen molar-refractivity contribution in [3.05, 3.63) is 0 Å². The van der Waals surface area contributed by atoms with Crippen molar-refractivity contribution in [1.29, 1.82) is 0 Å². The molecule has 1 aliphatic heterocycles. The molecule has 0 unspecified atom stereocenters. The Hall–Kier alpha value is -0.220. The zero-order valence-corrected chi connectivity index (χ0v) is 8.19. The molecule has 0 bridgehead atoms. The molecule has 0 aromatic carbocycles. The monoisotopic (exact) mass is 190 g/mol. The predicted octanol–water partition coefficient (Wildman–Crippen LogP) is 0.806. The average molecular weight is 190 g/mol. The molecule has 0 saturated carbocycles. The molecule has 1 fully saturated rings. The molecule has 3 nitrogen and oxygen atoms in total. The van der Waals surface area contributed by atoms with Crippen LogP contribution in [0.5, 0.6) is 0 Å². The van der Waals surface area contributed by atoms with Gasteiger partial charge in [0, 0.05) is 0 Å². The molecule has 1 rings (SSSR count). The first-order valence-corrected chi connectivity index (χ1v) is 5.13. The number of hydrogen-bond donors (Lipinski definition) is 1. The number of rotatable bonds is 2. The van der Waals surface area contributed by atoms with Gasteiger partial charge in [0.25, 0.3) is 0 Å². The van der Waals surface area contributed by atoms with Crippen LogP contribution in [0.15, 0.2) is 0 Å². The van der Waals surface area contributed by atoms with Crippen LogP contribution in [0.3, 0.4) is 0 Å². The number of thioether (sulfide) groups is 1. The van der Waals surface area contributed by atoms with Gasteiger partial charge in [-0.25, -0.2) is 0 Å². The lowest BCUT2D eigenvalue weighted by Crippen LogP contribution is -2.39. The van der Waals surface area contributed by atoms with Crippen LogP contribution < -0.4 is 0 Å². The summed E-state index contributed by atoms with van der Waals surface area (Å²) in [5, 5.41) is 9.34. The maximum Gasteiger partial charge on any atom is 0.322 e. The Morgan fingerprint density at radius 3 is 2.92 bits per heavy atom. The van der Waals surface area contributed by atoms with E-state index in [1.807, 2.05) is 0 Å². The lowest BCUT2D eigenvalue weighted by Gasteiger charge is -2.22. The van der Waals surface area contributed by atoms with Crippen molar-refractivity contribution in [2.45, 2.75) is 31.1 Å². The highest BCUT2D eigenvalue weighted by atomic mass is 32.2. The molecule has 1 heterocycles. The lowest BCUT2D eigenvalue weighted by molar-refractivity contribution is -0.146. The van der Waals surface area contributed by atoms with Gasteiger partial charge in [-0.15, -0.1) is 11.8 Å². The van der Waals surface area contributed by atoms with Crippen LogP contribution in [-0.2, 0) is 9.53 Å². The minimum atomic E-state index is -0.878. The van der Waals surface area contributed by atoms with E-state index in [0.717, 1.165) is 5.75 Å². The van der Waals surface area contributed by atoms with Gasteiger partial charge in [-0.2, -0.15) is 0 Å².